The van der Waals surface area contributed by atoms with Gasteiger partial charge in [-0.2, -0.15) is 0 Å². The van der Waals surface area contributed by atoms with Gasteiger partial charge in [-0.15, -0.1) is 10.2 Å². The number of hydrogen-bond acceptors (Lipinski definition) is 6. The van der Waals surface area contributed by atoms with Crippen LogP contribution in [-0.4, -0.2) is 50.9 Å². The molecule has 0 radical (unpaired) electrons. The summed E-state index contributed by atoms with van der Waals surface area (Å²) in [6.07, 6.45) is 2.14. The second-order valence-corrected chi connectivity index (χ2v) is 6.28. The van der Waals surface area contributed by atoms with E-state index in [-0.39, 0.29) is 12.0 Å². The van der Waals surface area contributed by atoms with Crippen molar-refractivity contribution in [1.29, 1.82) is 0 Å². The maximum absolute atomic E-state index is 11.6. The molecule has 0 bridgehead atoms. The van der Waals surface area contributed by atoms with E-state index in [1.54, 1.807) is 30.6 Å². The summed E-state index contributed by atoms with van der Waals surface area (Å²) in [5.74, 6) is 0.730. The number of carbonyl (C=O) groups is 1. The normalized spacial score (nSPS) is 11.0. The zero-order valence-electron chi connectivity index (χ0n) is 15.1. The van der Waals surface area contributed by atoms with E-state index in [9.17, 15) is 9.90 Å². The van der Waals surface area contributed by atoms with E-state index < -0.39 is 6.09 Å². The number of nitrogens with zero attached hydrogens (tertiary/aromatic N) is 6. The Hall–Kier alpha value is -3.36. The number of anilines is 4. The number of fused-ring (bicyclic) bond motifs is 1. The van der Waals surface area contributed by atoms with Crippen LogP contribution in [0.1, 0.15) is 13.8 Å². The lowest BCUT2D eigenvalue weighted by molar-refractivity contribution is 0.199. The summed E-state index contributed by atoms with van der Waals surface area (Å²) in [6.45, 7) is 3.56. The van der Waals surface area contributed by atoms with Crippen molar-refractivity contribution in [1.82, 2.24) is 19.6 Å². The van der Waals surface area contributed by atoms with Gasteiger partial charge >= 0.3 is 6.09 Å². The van der Waals surface area contributed by atoms with Gasteiger partial charge in [0.1, 0.15) is 0 Å². The van der Waals surface area contributed by atoms with Crippen LogP contribution in [0.4, 0.5) is 27.9 Å². The second kappa shape index (κ2) is 6.87. The first-order valence-electron chi connectivity index (χ1n) is 8.15. The molecule has 0 aliphatic carbocycles. The number of nitrogens with one attached hydrogen (secondary N) is 1. The molecule has 9 heteroatoms. The molecule has 3 rings (SSSR count). The highest BCUT2D eigenvalue weighted by Crippen LogP contribution is 2.24. The Morgan fingerprint density at radius 2 is 1.88 bits per heavy atom. The lowest BCUT2D eigenvalue weighted by Crippen LogP contribution is -2.37. The number of aromatic nitrogens is 4. The molecule has 2 heterocycles. The Labute approximate surface area is 150 Å². The molecule has 0 saturated carbocycles. The SMILES string of the molecule is CC(C)N(C(=O)O)c1nnc2c(Nc3ccc(N(C)C)cc3)nccn12. The van der Waals surface area contributed by atoms with E-state index in [1.165, 1.54) is 0 Å². The summed E-state index contributed by atoms with van der Waals surface area (Å²) >= 11 is 0. The van der Waals surface area contributed by atoms with Crippen molar-refractivity contribution in [3.63, 3.8) is 0 Å². The number of hydrogen-bond donors (Lipinski definition) is 2. The maximum Gasteiger partial charge on any atom is 0.414 e. The molecular formula is C17H21N7O2. The third kappa shape index (κ3) is 3.23. The highest BCUT2D eigenvalue weighted by molar-refractivity contribution is 5.85. The summed E-state index contributed by atoms with van der Waals surface area (Å²) in [6, 6.07) is 7.58. The number of amides is 1. The van der Waals surface area contributed by atoms with Gasteiger partial charge in [0.2, 0.25) is 11.6 Å². The molecule has 26 heavy (non-hydrogen) atoms. The van der Waals surface area contributed by atoms with E-state index in [1.807, 2.05) is 43.3 Å². The molecule has 1 amide bonds. The van der Waals surface area contributed by atoms with Crippen LogP contribution in [0.3, 0.4) is 0 Å². The van der Waals surface area contributed by atoms with Crippen LogP contribution < -0.4 is 15.1 Å². The molecule has 9 nitrogen and oxygen atoms in total. The minimum atomic E-state index is -1.08. The lowest BCUT2D eigenvalue weighted by atomic mass is 10.2. The standard InChI is InChI=1S/C17H21N7O2/c1-11(2)24(17(25)26)16-21-20-15-14(18-9-10-23(15)16)19-12-5-7-13(8-6-12)22(3)4/h5-11H,1-4H3,(H,18,19)(H,25,26). The fourth-order valence-electron chi connectivity index (χ4n) is 2.58. The van der Waals surface area contributed by atoms with E-state index in [0.717, 1.165) is 16.3 Å². The molecule has 0 atom stereocenters. The zero-order valence-corrected chi connectivity index (χ0v) is 15.1. The second-order valence-electron chi connectivity index (χ2n) is 6.28. The smallest absolute Gasteiger partial charge is 0.414 e. The fraction of sp³-hybridized carbons (Fsp3) is 0.294. The van der Waals surface area contributed by atoms with E-state index in [0.29, 0.717) is 11.5 Å². The molecule has 0 aliphatic rings. The summed E-state index contributed by atoms with van der Waals surface area (Å²) in [7, 11) is 3.96. The monoisotopic (exact) mass is 355 g/mol. The van der Waals surface area contributed by atoms with Gasteiger partial charge in [-0.05, 0) is 38.1 Å². The van der Waals surface area contributed by atoms with Gasteiger partial charge in [-0.3, -0.25) is 4.40 Å². The number of carboxylic acid groups (broad SMARTS) is 1. The lowest BCUT2D eigenvalue weighted by Gasteiger charge is -2.20. The van der Waals surface area contributed by atoms with Crippen LogP contribution >= 0.6 is 0 Å². The first-order chi connectivity index (χ1) is 12.4. The summed E-state index contributed by atoms with van der Waals surface area (Å²) in [5.41, 5.74) is 2.38. The average molecular weight is 355 g/mol. The summed E-state index contributed by atoms with van der Waals surface area (Å²) in [5, 5.41) is 20.8. The first-order valence-corrected chi connectivity index (χ1v) is 8.15. The predicted octanol–water partition coefficient (Wildman–Crippen LogP) is 2.83. The van der Waals surface area contributed by atoms with Crippen LogP contribution in [-0.2, 0) is 0 Å². The van der Waals surface area contributed by atoms with Gasteiger partial charge in [-0.1, -0.05) is 0 Å². The molecule has 1 aromatic carbocycles. The van der Waals surface area contributed by atoms with Crippen molar-refractivity contribution in [3.8, 4) is 0 Å². The van der Waals surface area contributed by atoms with Crippen LogP contribution in [0.15, 0.2) is 36.7 Å². The molecule has 3 aromatic rings. The van der Waals surface area contributed by atoms with Gasteiger partial charge in [0.15, 0.2) is 5.82 Å². The van der Waals surface area contributed by atoms with Crippen LogP contribution in [0.5, 0.6) is 0 Å². The van der Waals surface area contributed by atoms with Crippen LogP contribution in [0.2, 0.25) is 0 Å². The molecule has 0 fully saturated rings. The van der Waals surface area contributed by atoms with Crippen molar-refractivity contribution >= 4 is 34.9 Å². The molecule has 2 aromatic heterocycles. The Kier molecular flexibility index (Phi) is 4.61. The summed E-state index contributed by atoms with van der Waals surface area (Å²) in [4.78, 5) is 19.0. The maximum atomic E-state index is 11.6. The van der Waals surface area contributed by atoms with E-state index in [2.05, 4.69) is 20.5 Å². The van der Waals surface area contributed by atoms with Gasteiger partial charge in [0.05, 0.1) is 0 Å². The molecule has 2 N–H and O–H groups in total. The van der Waals surface area contributed by atoms with Crippen molar-refractivity contribution in [3.05, 3.63) is 36.7 Å². The van der Waals surface area contributed by atoms with Crippen molar-refractivity contribution < 1.29 is 9.90 Å². The third-order valence-electron chi connectivity index (χ3n) is 3.89. The highest BCUT2D eigenvalue weighted by Gasteiger charge is 2.24. The molecule has 0 saturated heterocycles. The number of rotatable bonds is 5. The van der Waals surface area contributed by atoms with Crippen LogP contribution in [0.25, 0.3) is 5.65 Å². The summed E-state index contributed by atoms with van der Waals surface area (Å²) < 4.78 is 1.61. The van der Waals surface area contributed by atoms with Crippen molar-refractivity contribution in [2.24, 2.45) is 0 Å². The van der Waals surface area contributed by atoms with Crippen molar-refractivity contribution in [2.45, 2.75) is 19.9 Å². The van der Waals surface area contributed by atoms with Crippen LogP contribution in [0, 0.1) is 0 Å². The van der Waals surface area contributed by atoms with E-state index in [4.69, 9.17) is 0 Å². The van der Waals surface area contributed by atoms with Crippen molar-refractivity contribution in [2.75, 3.05) is 29.2 Å². The van der Waals surface area contributed by atoms with Gasteiger partial charge in [0, 0.05) is 43.9 Å². The molecule has 0 spiro atoms. The fourth-order valence-corrected chi connectivity index (χ4v) is 2.58. The van der Waals surface area contributed by atoms with Gasteiger partial charge in [-0.25, -0.2) is 14.7 Å². The molecule has 0 aliphatic heterocycles. The Morgan fingerprint density at radius 1 is 1.19 bits per heavy atom. The molecule has 0 unspecified atom stereocenters. The molecule has 136 valence electrons. The molecular weight excluding hydrogens is 334 g/mol. The minimum absolute atomic E-state index is 0.232. The first kappa shape index (κ1) is 17.5. The largest absolute Gasteiger partial charge is 0.465 e. The highest BCUT2D eigenvalue weighted by atomic mass is 16.4. The quantitative estimate of drug-likeness (QED) is 0.726. The topological polar surface area (TPSA) is 98.9 Å². The Morgan fingerprint density at radius 3 is 2.46 bits per heavy atom. The van der Waals surface area contributed by atoms with E-state index >= 15 is 0 Å². The Bertz CT molecular complexity index is 919. The Balaban J connectivity index is 1.97. The van der Waals surface area contributed by atoms with Gasteiger partial charge < -0.3 is 15.3 Å². The minimum Gasteiger partial charge on any atom is -0.465 e. The van der Waals surface area contributed by atoms with Gasteiger partial charge in [0.25, 0.3) is 0 Å². The predicted molar refractivity (Wildman–Crippen MR) is 100 cm³/mol. The number of benzene rings is 1. The average Bonchev–Trinajstić information content (AvgIpc) is 2.99. The third-order valence-corrected chi connectivity index (χ3v) is 3.89. The zero-order chi connectivity index (χ0) is 18.8.